The van der Waals surface area contributed by atoms with Crippen LogP contribution < -0.4 is 10.1 Å². The van der Waals surface area contributed by atoms with Gasteiger partial charge in [-0.1, -0.05) is 57.2 Å². The minimum Gasteiger partial charge on any atom is -0.493 e. The predicted molar refractivity (Wildman–Crippen MR) is 119 cm³/mol. The van der Waals surface area contributed by atoms with Crippen molar-refractivity contribution in [2.45, 2.75) is 39.5 Å². The van der Waals surface area contributed by atoms with Gasteiger partial charge in [0.2, 0.25) is 0 Å². The zero-order chi connectivity index (χ0) is 20.1. The molecule has 2 aromatic rings. The van der Waals surface area contributed by atoms with Gasteiger partial charge in [0.05, 0.1) is 13.2 Å². The maximum Gasteiger partial charge on any atom is 0.317 e. The van der Waals surface area contributed by atoms with Crippen LogP contribution in [-0.4, -0.2) is 30.8 Å². The zero-order valence-corrected chi connectivity index (χ0v) is 18.3. The fraction of sp³-hybridized carbons (Fsp3) is 0.458. The summed E-state index contributed by atoms with van der Waals surface area (Å²) in [7, 11) is 0. The Morgan fingerprint density at radius 1 is 1.17 bits per heavy atom. The van der Waals surface area contributed by atoms with Gasteiger partial charge in [-0.15, -0.1) is 12.4 Å². The van der Waals surface area contributed by atoms with E-state index < -0.39 is 5.97 Å². The number of carboxylic acids is 1. The van der Waals surface area contributed by atoms with Gasteiger partial charge in [0.1, 0.15) is 5.75 Å². The molecule has 0 fully saturated rings. The Balaban J connectivity index is 0.00000300. The highest BCUT2D eigenvalue weighted by atomic mass is 35.5. The van der Waals surface area contributed by atoms with Crippen LogP contribution in [0.25, 0.3) is 0 Å². The Morgan fingerprint density at radius 2 is 1.90 bits per heavy atom. The standard InChI is InChI=1S/C24H31NO3.ClH/c1-24(2,3)16-28-20-11-12-21-18(13-20)9-10-19(14-25-15-22(26)27)23(21)17-7-5-4-6-8-17;/h4-8,11-13,19,23,25H,9-10,14-16H2,1-3H3,(H,26,27);1H. The number of carboxylic acid groups (broad SMARTS) is 1. The van der Waals surface area contributed by atoms with E-state index in [1.54, 1.807) is 0 Å². The topological polar surface area (TPSA) is 58.6 Å². The first-order valence-corrected chi connectivity index (χ1v) is 10.1. The number of fused-ring (bicyclic) bond motifs is 1. The molecule has 0 bridgehead atoms. The molecule has 2 N–H and O–H groups in total. The van der Waals surface area contributed by atoms with Crippen molar-refractivity contribution >= 4 is 18.4 Å². The number of rotatable bonds is 7. The zero-order valence-electron chi connectivity index (χ0n) is 17.5. The average Bonchev–Trinajstić information content (AvgIpc) is 2.66. The highest BCUT2D eigenvalue weighted by Gasteiger charge is 2.31. The van der Waals surface area contributed by atoms with Crippen LogP contribution >= 0.6 is 12.4 Å². The third-order valence-electron chi connectivity index (χ3n) is 5.22. The summed E-state index contributed by atoms with van der Waals surface area (Å²) in [5, 5.41) is 12.1. The van der Waals surface area contributed by atoms with Gasteiger partial charge in [-0.25, -0.2) is 0 Å². The smallest absolute Gasteiger partial charge is 0.317 e. The fourth-order valence-corrected chi connectivity index (χ4v) is 3.95. The molecule has 0 heterocycles. The van der Waals surface area contributed by atoms with E-state index in [-0.39, 0.29) is 30.3 Å². The Hall–Kier alpha value is -2.04. The monoisotopic (exact) mass is 417 g/mol. The van der Waals surface area contributed by atoms with Gasteiger partial charge in [0.25, 0.3) is 0 Å². The number of benzene rings is 2. The lowest BCUT2D eigenvalue weighted by Crippen LogP contribution is -2.34. The number of aliphatic carboxylic acids is 1. The minimum atomic E-state index is -0.812. The van der Waals surface area contributed by atoms with Gasteiger partial charge in [0, 0.05) is 5.92 Å². The van der Waals surface area contributed by atoms with E-state index in [4.69, 9.17) is 9.84 Å². The van der Waals surface area contributed by atoms with Gasteiger partial charge in [-0.3, -0.25) is 4.79 Å². The predicted octanol–water partition coefficient (Wildman–Crippen LogP) is 4.90. The summed E-state index contributed by atoms with van der Waals surface area (Å²) in [5.74, 6) is 0.759. The van der Waals surface area contributed by atoms with Crippen molar-refractivity contribution in [3.63, 3.8) is 0 Å². The number of aryl methyl sites for hydroxylation is 1. The van der Waals surface area contributed by atoms with Crippen LogP contribution in [0.4, 0.5) is 0 Å². The maximum atomic E-state index is 10.9. The van der Waals surface area contributed by atoms with Crippen molar-refractivity contribution in [1.29, 1.82) is 0 Å². The summed E-state index contributed by atoms with van der Waals surface area (Å²) in [4.78, 5) is 10.9. The molecule has 0 spiro atoms. The number of carbonyl (C=O) groups is 1. The first kappa shape index (κ1) is 23.2. The van der Waals surface area contributed by atoms with Gasteiger partial charge in [0.15, 0.2) is 0 Å². The maximum absolute atomic E-state index is 10.9. The quantitative estimate of drug-likeness (QED) is 0.672. The van der Waals surface area contributed by atoms with E-state index in [1.165, 1.54) is 16.7 Å². The average molecular weight is 418 g/mol. The molecular weight excluding hydrogens is 386 g/mol. The molecule has 4 nitrogen and oxygen atoms in total. The first-order chi connectivity index (χ1) is 13.3. The van der Waals surface area contributed by atoms with Gasteiger partial charge in [-0.2, -0.15) is 0 Å². The van der Waals surface area contributed by atoms with Crippen molar-refractivity contribution in [2.24, 2.45) is 11.3 Å². The lowest BCUT2D eigenvalue weighted by Gasteiger charge is -2.34. The van der Waals surface area contributed by atoms with E-state index in [9.17, 15) is 4.79 Å². The van der Waals surface area contributed by atoms with Crippen LogP contribution in [0.1, 0.15) is 49.8 Å². The lowest BCUT2D eigenvalue weighted by atomic mass is 9.71. The Morgan fingerprint density at radius 3 is 2.55 bits per heavy atom. The van der Waals surface area contributed by atoms with E-state index >= 15 is 0 Å². The van der Waals surface area contributed by atoms with Crippen LogP contribution in [0.3, 0.4) is 0 Å². The number of ether oxygens (including phenoxy) is 1. The molecule has 0 saturated carbocycles. The van der Waals surface area contributed by atoms with Crippen molar-refractivity contribution in [2.75, 3.05) is 19.7 Å². The molecule has 0 amide bonds. The SMILES string of the molecule is CC(C)(C)COc1ccc2c(c1)CCC(CNCC(=O)O)C2c1ccccc1.Cl. The van der Waals surface area contributed by atoms with Gasteiger partial charge < -0.3 is 15.2 Å². The van der Waals surface area contributed by atoms with E-state index in [0.29, 0.717) is 19.1 Å². The third kappa shape index (κ3) is 6.48. The van der Waals surface area contributed by atoms with Crippen LogP contribution in [0.2, 0.25) is 0 Å². The van der Waals surface area contributed by atoms with Crippen molar-refractivity contribution in [3.8, 4) is 5.75 Å². The fourth-order valence-electron chi connectivity index (χ4n) is 3.95. The summed E-state index contributed by atoms with van der Waals surface area (Å²) in [5.41, 5.74) is 4.09. The number of hydrogen-bond donors (Lipinski definition) is 2. The van der Waals surface area contributed by atoms with Crippen molar-refractivity contribution < 1.29 is 14.6 Å². The Bertz CT molecular complexity index is 802. The molecule has 2 atom stereocenters. The summed E-state index contributed by atoms with van der Waals surface area (Å²) in [6.07, 6.45) is 2.02. The molecule has 0 aromatic heterocycles. The first-order valence-electron chi connectivity index (χ1n) is 10.1. The Labute approximate surface area is 180 Å². The molecule has 5 heteroatoms. The molecular formula is C24H32ClNO3. The summed E-state index contributed by atoms with van der Waals surface area (Å²) < 4.78 is 6.02. The molecule has 3 rings (SSSR count). The highest BCUT2D eigenvalue weighted by molar-refractivity contribution is 5.85. The van der Waals surface area contributed by atoms with Crippen LogP contribution in [0.15, 0.2) is 48.5 Å². The second-order valence-electron chi connectivity index (χ2n) is 8.92. The lowest BCUT2D eigenvalue weighted by molar-refractivity contribution is -0.136. The van der Waals surface area contributed by atoms with E-state index in [2.05, 4.69) is 68.6 Å². The number of hydrogen-bond acceptors (Lipinski definition) is 3. The second kappa shape index (κ2) is 10.1. The molecule has 0 saturated heterocycles. The molecule has 2 aromatic carbocycles. The van der Waals surface area contributed by atoms with Crippen LogP contribution in [0, 0.1) is 11.3 Å². The highest BCUT2D eigenvalue weighted by Crippen LogP contribution is 2.41. The van der Waals surface area contributed by atoms with Gasteiger partial charge in [-0.05, 0) is 59.5 Å². The summed E-state index contributed by atoms with van der Waals surface area (Å²) in [6.45, 7) is 7.91. The van der Waals surface area contributed by atoms with Crippen molar-refractivity contribution in [3.05, 3.63) is 65.2 Å². The van der Waals surface area contributed by atoms with Crippen molar-refractivity contribution in [1.82, 2.24) is 5.32 Å². The minimum absolute atomic E-state index is 0. The number of nitrogens with one attached hydrogen (secondary N) is 1. The van der Waals surface area contributed by atoms with Crippen LogP contribution in [-0.2, 0) is 11.2 Å². The summed E-state index contributed by atoms with van der Waals surface area (Å²) >= 11 is 0. The molecule has 1 aliphatic rings. The largest absolute Gasteiger partial charge is 0.493 e. The molecule has 29 heavy (non-hydrogen) atoms. The van der Waals surface area contributed by atoms with Crippen LogP contribution in [0.5, 0.6) is 5.75 Å². The van der Waals surface area contributed by atoms with E-state index in [0.717, 1.165) is 18.6 Å². The summed E-state index contributed by atoms with van der Waals surface area (Å²) in [6, 6.07) is 17.0. The molecule has 0 aliphatic heterocycles. The molecule has 2 unspecified atom stereocenters. The second-order valence-corrected chi connectivity index (χ2v) is 8.92. The van der Waals surface area contributed by atoms with E-state index in [1.807, 2.05) is 6.07 Å². The number of halogens is 1. The third-order valence-corrected chi connectivity index (χ3v) is 5.22. The normalized spacial score (nSPS) is 18.4. The molecule has 1 aliphatic carbocycles. The Kier molecular flexibility index (Phi) is 8.12. The molecule has 158 valence electrons. The molecule has 0 radical (unpaired) electrons. The van der Waals surface area contributed by atoms with Gasteiger partial charge >= 0.3 is 5.97 Å².